The second-order valence-electron chi connectivity index (χ2n) is 6.73. The third-order valence-electron chi connectivity index (χ3n) is 4.54. The monoisotopic (exact) mass is 474 g/mol. The van der Waals surface area contributed by atoms with Crippen molar-refractivity contribution >= 4 is 39.3 Å². The third kappa shape index (κ3) is 5.39. The molecule has 0 atom stereocenters. The second-order valence-corrected chi connectivity index (χ2v) is 8.59. The Labute approximate surface area is 183 Å². The normalized spacial score (nSPS) is 10.8. The van der Waals surface area contributed by atoms with Crippen molar-refractivity contribution in [2.45, 2.75) is 25.4 Å². The van der Waals surface area contributed by atoms with Crippen molar-refractivity contribution in [1.29, 1.82) is 0 Å². The van der Waals surface area contributed by atoms with Gasteiger partial charge in [-0.15, -0.1) is 10.2 Å². The number of carbonyl (C=O) groups is 1. The van der Waals surface area contributed by atoms with Gasteiger partial charge in [-0.3, -0.25) is 4.79 Å². The highest BCUT2D eigenvalue weighted by atomic mass is 79.9. The Morgan fingerprint density at radius 3 is 2.45 bits per heavy atom. The number of methoxy groups -OCH3 is 1. The van der Waals surface area contributed by atoms with Crippen LogP contribution in [0, 0.1) is 13.8 Å². The summed E-state index contributed by atoms with van der Waals surface area (Å²) in [4.78, 5) is 12.4. The highest BCUT2D eigenvalue weighted by Gasteiger charge is 2.14. The molecule has 3 aromatic rings. The summed E-state index contributed by atoms with van der Waals surface area (Å²) >= 11 is 4.85. The van der Waals surface area contributed by atoms with Crippen LogP contribution in [0.1, 0.15) is 22.5 Å². The lowest BCUT2D eigenvalue weighted by molar-refractivity contribution is -0.113. The number of carbonyl (C=O) groups excluding carboxylic acids is 1. The molecule has 29 heavy (non-hydrogen) atoms. The smallest absolute Gasteiger partial charge is 0.234 e. The molecule has 0 radical (unpaired) electrons. The Bertz CT molecular complexity index is 995. The largest absolute Gasteiger partial charge is 0.497 e. The molecule has 0 aliphatic carbocycles. The number of rotatable bonds is 7. The summed E-state index contributed by atoms with van der Waals surface area (Å²) in [6.45, 7) is 3.96. The minimum Gasteiger partial charge on any atom is -0.497 e. The van der Waals surface area contributed by atoms with Gasteiger partial charge in [0.05, 0.1) is 12.9 Å². The number of nitrogens with zero attached hydrogens (tertiary/aromatic N) is 3. The lowest BCUT2D eigenvalue weighted by Gasteiger charge is -2.12. The maximum atomic E-state index is 12.4. The summed E-state index contributed by atoms with van der Waals surface area (Å²) in [5.41, 5.74) is 4.03. The molecule has 0 unspecified atom stereocenters. The fraction of sp³-hybridized carbons (Fsp3) is 0.286. The molecule has 0 spiro atoms. The zero-order chi connectivity index (χ0) is 21.0. The molecular formula is C21H23BrN4O2S. The molecule has 0 saturated carbocycles. The van der Waals surface area contributed by atoms with Crippen LogP contribution in [0.3, 0.4) is 0 Å². The van der Waals surface area contributed by atoms with Gasteiger partial charge in [0.25, 0.3) is 0 Å². The van der Waals surface area contributed by atoms with E-state index in [0.717, 1.165) is 38.4 Å². The number of hydrogen-bond donors (Lipinski definition) is 1. The number of hydrogen-bond acceptors (Lipinski definition) is 5. The lowest BCUT2D eigenvalue weighted by atomic mass is 10.1. The molecule has 3 rings (SSSR count). The number of amides is 1. The van der Waals surface area contributed by atoms with E-state index in [9.17, 15) is 4.79 Å². The molecule has 0 aliphatic heterocycles. The van der Waals surface area contributed by atoms with Crippen molar-refractivity contribution in [2.24, 2.45) is 7.05 Å². The first kappa shape index (κ1) is 21.4. The van der Waals surface area contributed by atoms with Gasteiger partial charge in [0, 0.05) is 23.6 Å². The molecule has 0 fully saturated rings. The van der Waals surface area contributed by atoms with E-state index in [1.165, 1.54) is 11.8 Å². The minimum atomic E-state index is -0.0665. The maximum absolute atomic E-state index is 12.4. The molecule has 0 aliphatic rings. The van der Waals surface area contributed by atoms with Crippen molar-refractivity contribution in [3.05, 3.63) is 63.4 Å². The first-order chi connectivity index (χ1) is 13.9. The number of aromatic nitrogens is 3. The number of anilines is 1. The number of nitrogens with one attached hydrogen (secondary N) is 1. The van der Waals surface area contributed by atoms with E-state index in [1.54, 1.807) is 7.11 Å². The van der Waals surface area contributed by atoms with E-state index in [4.69, 9.17) is 4.74 Å². The van der Waals surface area contributed by atoms with Gasteiger partial charge in [0.2, 0.25) is 5.91 Å². The Morgan fingerprint density at radius 2 is 1.83 bits per heavy atom. The molecule has 8 heteroatoms. The molecule has 1 aromatic heterocycles. The van der Waals surface area contributed by atoms with Gasteiger partial charge in [0.15, 0.2) is 5.16 Å². The van der Waals surface area contributed by atoms with Crippen molar-refractivity contribution in [1.82, 2.24) is 14.8 Å². The average Bonchev–Trinajstić information content (AvgIpc) is 3.03. The fourth-order valence-electron chi connectivity index (χ4n) is 2.96. The Hall–Kier alpha value is -2.32. The Kier molecular flexibility index (Phi) is 6.97. The molecule has 0 saturated heterocycles. The summed E-state index contributed by atoms with van der Waals surface area (Å²) in [6, 6.07) is 11.9. The van der Waals surface area contributed by atoms with Gasteiger partial charge in [-0.05, 0) is 54.8 Å². The van der Waals surface area contributed by atoms with E-state index < -0.39 is 0 Å². The summed E-state index contributed by atoms with van der Waals surface area (Å²) in [5.74, 6) is 1.87. The molecule has 152 valence electrons. The molecule has 1 amide bonds. The van der Waals surface area contributed by atoms with Crippen LogP contribution in [0.2, 0.25) is 0 Å². The molecule has 1 N–H and O–H groups in total. The third-order valence-corrected chi connectivity index (χ3v) is 6.02. The minimum absolute atomic E-state index is 0.0665. The van der Waals surface area contributed by atoms with Crippen LogP contribution >= 0.6 is 27.7 Å². The van der Waals surface area contributed by atoms with Crippen LogP contribution < -0.4 is 10.1 Å². The summed E-state index contributed by atoms with van der Waals surface area (Å²) in [5, 5.41) is 12.2. The van der Waals surface area contributed by atoms with Crippen molar-refractivity contribution in [3.8, 4) is 5.75 Å². The first-order valence-corrected chi connectivity index (χ1v) is 10.9. The van der Waals surface area contributed by atoms with Crippen molar-refractivity contribution in [3.63, 3.8) is 0 Å². The molecule has 6 nitrogen and oxygen atoms in total. The quantitative estimate of drug-likeness (QED) is 0.509. The van der Waals surface area contributed by atoms with Gasteiger partial charge in [0.1, 0.15) is 11.6 Å². The number of thioether (sulfide) groups is 1. The van der Waals surface area contributed by atoms with Crippen LogP contribution in [0.4, 0.5) is 5.69 Å². The van der Waals surface area contributed by atoms with Crippen molar-refractivity contribution in [2.75, 3.05) is 18.2 Å². The lowest BCUT2D eigenvalue weighted by Crippen LogP contribution is -2.16. The maximum Gasteiger partial charge on any atom is 0.234 e. The van der Waals surface area contributed by atoms with Gasteiger partial charge in [-0.1, -0.05) is 39.8 Å². The predicted octanol–water partition coefficient (Wildman–Crippen LogP) is 4.52. The van der Waals surface area contributed by atoms with Crippen LogP contribution in [-0.2, 0) is 18.3 Å². The van der Waals surface area contributed by atoms with Crippen LogP contribution in [0.25, 0.3) is 0 Å². The standard InChI is InChI=1S/C21H23BrN4O2S/c1-13-9-16(22)10-14(2)20(13)23-19(27)12-29-21-25-24-18(26(21)3)11-15-5-7-17(28-4)8-6-15/h5-10H,11-12H2,1-4H3,(H,23,27). The zero-order valence-electron chi connectivity index (χ0n) is 16.8. The second kappa shape index (κ2) is 9.45. The number of halogens is 1. The van der Waals surface area contributed by atoms with Gasteiger partial charge in [-0.25, -0.2) is 0 Å². The topological polar surface area (TPSA) is 69.0 Å². The molecule has 0 bridgehead atoms. The van der Waals surface area contributed by atoms with E-state index in [-0.39, 0.29) is 11.7 Å². The van der Waals surface area contributed by atoms with Crippen LogP contribution in [-0.4, -0.2) is 33.5 Å². The Balaban J connectivity index is 1.60. The fourth-order valence-corrected chi connectivity index (χ4v) is 4.38. The van der Waals surface area contributed by atoms with Crippen LogP contribution in [0.5, 0.6) is 5.75 Å². The van der Waals surface area contributed by atoms with Gasteiger partial charge < -0.3 is 14.6 Å². The zero-order valence-corrected chi connectivity index (χ0v) is 19.2. The number of ether oxygens (including phenoxy) is 1. The summed E-state index contributed by atoms with van der Waals surface area (Å²) < 4.78 is 8.12. The van der Waals surface area contributed by atoms with Gasteiger partial charge in [-0.2, -0.15) is 0 Å². The molecular weight excluding hydrogens is 452 g/mol. The van der Waals surface area contributed by atoms with E-state index in [0.29, 0.717) is 11.6 Å². The molecule has 2 aromatic carbocycles. The highest BCUT2D eigenvalue weighted by Crippen LogP contribution is 2.26. The SMILES string of the molecule is COc1ccc(Cc2nnc(SCC(=O)Nc3c(C)cc(Br)cc3C)n2C)cc1. The van der Waals surface area contributed by atoms with Crippen LogP contribution in [0.15, 0.2) is 46.0 Å². The molecule has 1 heterocycles. The number of benzene rings is 2. The number of aryl methyl sites for hydroxylation is 2. The van der Waals surface area contributed by atoms with E-state index in [2.05, 4.69) is 31.4 Å². The van der Waals surface area contributed by atoms with Crippen molar-refractivity contribution < 1.29 is 9.53 Å². The summed E-state index contributed by atoms with van der Waals surface area (Å²) in [7, 11) is 3.57. The van der Waals surface area contributed by atoms with E-state index >= 15 is 0 Å². The average molecular weight is 475 g/mol. The van der Waals surface area contributed by atoms with Gasteiger partial charge >= 0.3 is 0 Å². The Morgan fingerprint density at radius 1 is 1.17 bits per heavy atom. The van der Waals surface area contributed by atoms with E-state index in [1.807, 2.05) is 61.9 Å². The predicted molar refractivity (Wildman–Crippen MR) is 120 cm³/mol. The summed E-state index contributed by atoms with van der Waals surface area (Å²) in [6.07, 6.45) is 0.664. The highest BCUT2D eigenvalue weighted by molar-refractivity contribution is 9.10. The first-order valence-electron chi connectivity index (χ1n) is 9.08.